The van der Waals surface area contributed by atoms with E-state index in [1.165, 1.54) is 17.4 Å². The first-order chi connectivity index (χ1) is 20.6. The Morgan fingerprint density at radius 3 is 2.58 bits per heavy atom. The van der Waals surface area contributed by atoms with Crippen molar-refractivity contribution in [1.29, 1.82) is 0 Å². The number of fused-ring (bicyclic) bond motifs is 1. The second kappa shape index (κ2) is 13.3. The molecule has 0 amide bonds. The molecule has 4 aromatic rings. The van der Waals surface area contributed by atoms with Crippen LogP contribution in [0.5, 0.6) is 5.75 Å². The van der Waals surface area contributed by atoms with Crippen LogP contribution in [0.2, 0.25) is 10.0 Å². The van der Waals surface area contributed by atoms with E-state index >= 15 is 0 Å². The third-order valence-corrected chi connectivity index (χ3v) is 9.35. The van der Waals surface area contributed by atoms with Crippen LogP contribution in [0.4, 0.5) is 13.9 Å². The quantitative estimate of drug-likeness (QED) is 0.140. The Morgan fingerprint density at radius 1 is 1.26 bits per heavy atom. The maximum Gasteiger partial charge on any atom is 0.387 e. The van der Waals surface area contributed by atoms with Crippen molar-refractivity contribution in [3.63, 3.8) is 0 Å². The number of hydrogen-bond acceptors (Lipinski definition) is 8. The minimum atomic E-state index is -3.10. The van der Waals surface area contributed by atoms with E-state index in [0.29, 0.717) is 50.1 Å². The molecule has 1 saturated carbocycles. The first kappa shape index (κ1) is 31.4. The van der Waals surface area contributed by atoms with Crippen LogP contribution in [0.25, 0.3) is 21.5 Å². The number of nitrogens with one attached hydrogen (secondary N) is 1. The van der Waals surface area contributed by atoms with Crippen molar-refractivity contribution in [2.75, 3.05) is 11.4 Å². The SMILES string of the molecule is CCC(CC(C)N(CC)c1nc2c(OC(F)F)cc(C(=O)O)cc2s1)NCc1c(-c2c(Cl)cccc2Cl)noc1C1CC1. The van der Waals surface area contributed by atoms with Crippen molar-refractivity contribution < 1.29 is 27.9 Å². The summed E-state index contributed by atoms with van der Waals surface area (Å²) in [6.45, 7) is 4.23. The van der Waals surface area contributed by atoms with Gasteiger partial charge in [-0.3, -0.25) is 0 Å². The van der Waals surface area contributed by atoms with Gasteiger partial charge < -0.3 is 24.6 Å². The molecule has 1 aliphatic rings. The molecule has 13 heteroatoms. The Morgan fingerprint density at radius 2 is 1.98 bits per heavy atom. The van der Waals surface area contributed by atoms with Gasteiger partial charge in [0.2, 0.25) is 0 Å². The summed E-state index contributed by atoms with van der Waals surface area (Å²) in [5.74, 6) is -0.271. The molecule has 2 N–H and O–H groups in total. The van der Waals surface area contributed by atoms with Gasteiger partial charge in [0.25, 0.3) is 0 Å². The Kier molecular flexibility index (Phi) is 9.75. The number of carbonyl (C=O) groups is 1. The lowest BCUT2D eigenvalue weighted by Crippen LogP contribution is -2.39. The summed E-state index contributed by atoms with van der Waals surface area (Å²) in [7, 11) is 0. The maximum atomic E-state index is 13.1. The summed E-state index contributed by atoms with van der Waals surface area (Å²) in [6.07, 6.45) is 3.71. The van der Waals surface area contributed by atoms with Gasteiger partial charge in [0, 0.05) is 42.2 Å². The van der Waals surface area contributed by atoms with Crippen LogP contribution in [0.3, 0.4) is 0 Å². The molecule has 2 aromatic heterocycles. The predicted octanol–water partition coefficient (Wildman–Crippen LogP) is 8.61. The number of alkyl halides is 2. The lowest BCUT2D eigenvalue weighted by Gasteiger charge is -2.31. The zero-order valence-corrected chi connectivity index (χ0v) is 26.2. The molecule has 2 heterocycles. The van der Waals surface area contributed by atoms with Gasteiger partial charge in [-0.05, 0) is 63.8 Å². The Hall–Kier alpha value is -2.99. The van der Waals surface area contributed by atoms with E-state index in [2.05, 4.69) is 38.9 Å². The Bertz CT molecular complexity index is 1590. The minimum absolute atomic E-state index is 0.0179. The smallest absolute Gasteiger partial charge is 0.387 e. The van der Waals surface area contributed by atoms with Gasteiger partial charge in [-0.2, -0.15) is 8.78 Å². The molecule has 1 fully saturated rings. The molecule has 43 heavy (non-hydrogen) atoms. The topological polar surface area (TPSA) is 101 Å². The van der Waals surface area contributed by atoms with Crippen molar-refractivity contribution in [3.05, 3.63) is 57.3 Å². The lowest BCUT2D eigenvalue weighted by molar-refractivity contribution is -0.0489. The van der Waals surface area contributed by atoms with E-state index in [1.54, 1.807) is 18.2 Å². The normalized spacial score (nSPS) is 14.8. The van der Waals surface area contributed by atoms with Crippen molar-refractivity contribution in [3.8, 4) is 17.0 Å². The summed E-state index contributed by atoms with van der Waals surface area (Å²) in [6, 6.07) is 8.02. The highest BCUT2D eigenvalue weighted by Crippen LogP contribution is 2.46. The van der Waals surface area contributed by atoms with Gasteiger partial charge in [0.1, 0.15) is 17.0 Å². The fourth-order valence-corrected chi connectivity index (χ4v) is 7.08. The molecule has 2 unspecified atom stereocenters. The number of benzene rings is 2. The number of hydrogen-bond donors (Lipinski definition) is 2. The number of halogens is 4. The van der Waals surface area contributed by atoms with Crippen molar-refractivity contribution in [2.24, 2.45) is 0 Å². The molecule has 0 aliphatic heterocycles. The predicted molar refractivity (Wildman–Crippen MR) is 165 cm³/mol. The van der Waals surface area contributed by atoms with Crippen LogP contribution in [0, 0.1) is 0 Å². The second-order valence-corrected chi connectivity index (χ2v) is 12.4. The molecule has 230 valence electrons. The fourth-order valence-electron chi connectivity index (χ4n) is 5.31. The highest BCUT2D eigenvalue weighted by Gasteiger charge is 2.33. The fraction of sp³-hybridized carbons (Fsp3) is 0.433. The molecule has 2 atom stereocenters. The van der Waals surface area contributed by atoms with E-state index in [-0.39, 0.29) is 28.9 Å². The van der Waals surface area contributed by atoms with Crippen molar-refractivity contribution in [2.45, 2.75) is 77.6 Å². The molecular formula is C30H32Cl2F2N4O4S. The molecular weight excluding hydrogens is 621 g/mol. The number of nitrogens with zero attached hydrogens (tertiary/aromatic N) is 3. The summed E-state index contributed by atoms with van der Waals surface area (Å²) >= 11 is 14.3. The summed E-state index contributed by atoms with van der Waals surface area (Å²) < 4.78 is 37.1. The molecule has 0 saturated heterocycles. The monoisotopic (exact) mass is 652 g/mol. The number of anilines is 1. The van der Waals surface area contributed by atoms with E-state index in [9.17, 15) is 18.7 Å². The largest absolute Gasteiger partial charge is 0.478 e. The number of carboxylic acid groups (broad SMARTS) is 1. The average molecular weight is 654 g/mol. The van der Waals surface area contributed by atoms with Crippen molar-refractivity contribution >= 4 is 55.9 Å². The second-order valence-electron chi connectivity index (χ2n) is 10.6. The van der Waals surface area contributed by atoms with Gasteiger partial charge in [0.15, 0.2) is 10.9 Å². The van der Waals surface area contributed by atoms with E-state index < -0.39 is 12.6 Å². The number of aromatic nitrogens is 2. The van der Waals surface area contributed by atoms with Gasteiger partial charge >= 0.3 is 12.6 Å². The summed E-state index contributed by atoms with van der Waals surface area (Å²) in [5, 5.41) is 19.2. The summed E-state index contributed by atoms with van der Waals surface area (Å²) in [5.41, 5.74) is 2.35. The highest BCUT2D eigenvalue weighted by atomic mass is 35.5. The Balaban J connectivity index is 1.35. The number of ether oxygens (including phenoxy) is 1. The number of thiazole rings is 1. The van der Waals surface area contributed by atoms with Crippen LogP contribution in [0.15, 0.2) is 34.9 Å². The first-order valence-electron chi connectivity index (χ1n) is 14.2. The minimum Gasteiger partial charge on any atom is -0.478 e. The third-order valence-electron chi connectivity index (χ3n) is 7.68. The maximum absolute atomic E-state index is 13.1. The van der Waals surface area contributed by atoms with Gasteiger partial charge in [0.05, 0.1) is 20.3 Å². The average Bonchev–Trinajstić information content (AvgIpc) is 3.58. The van der Waals surface area contributed by atoms with E-state index in [4.69, 9.17) is 27.7 Å². The summed E-state index contributed by atoms with van der Waals surface area (Å²) in [4.78, 5) is 18.3. The molecule has 1 aliphatic carbocycles. The van der Waals surface area contributed by atoms with Crippen molar-refractivity contribution in [1.82, 2.24) is 15.5 Å². The van der Waals surface area contributed by atoms with E-state index in [0.717, 1.165) is 43.1 Å². The standard InChI is InChI=1S/C30H32Cl2F2N4O4S/c1-4-18(35-14-19-25(37-42-27(19)16-9-10-16)24-20(31)7-6-8-21(24)32)11-15(3)38(5-2)30-36-26-22(41-29(33)34)12-17(28(39)40)13-23(26)43-30/h6-8,12-13,15-16,18,29,35H,4-5,9-11,14H2,1-3H3,(H,39,40). The van der Waals surface area contributed by atoms with Gasteiger partial charge in [-0.1, -0.05) is 52.7 Å². The lowest BCUT2D eigenvalue weighted by atomic mass is 10.0. The molecule has 2 aromatic carbocycles. The molecule has 0 bridgehead atoms. The van der Waals surface area contributed by atoms with Crippen LogP contribution in [0.1, 0.15) is 74.1 Å². The highest BCUT2D eigenvalue weighted by molar-refractivity contribution is 7.22. The molecule has 0 radical (unpaired) electrons. The van der Waals surface area contributed by atoms with Crippen LogP contribution in [-0.4, -0.2) is 46.5 Å². The number of carboxylic acids is 1. The van der Waals surface area contributed by atoms with Gasteiger partial charge in [-0.25, -0.2) is 9.78 Å². The number of aromatic carboxylic acids is 1. The van der Waals surface area contributed by atoms with E-state index in [1.807, 2.05) is 6.92 Å². The van der Waals surface area contributed by atoms with Crippen LogP contribution in [-0.2, 0) is 6.54 Å². The molecule has 5 rings (SSSR count). The molecule has 0 spiro atoms. The zero-order valence-electron chi connectivity index (χ0n) is 23.9. The molecule has 8 nitrogen and oxygen atoms in total. The Labute approximate surface area is 261 Å². The van der Waals surface area contributed by atoms with Gasteiger partial charge in [-0.15, -0.1) is 0 Å². The first-order valence-corrected chi connectivity index (χ1v) is 15.7. The van der Waals surface area contributed by atoms with Crippen LogP contribution < -0.4 is 15.0 Å². The number of rotatable bonds is 14. The zero-order chi connectivity index (χ0) is 30.8. The van der Waals surface area contributed by atoms with Crippen LogP contribution >= 0.6 is 34.5 Å². The third kappa shape index (κ3) is 6.90.